The molecular formula is C25H22N4O. The summed E-state index contributed by atoms with van der Waals surface area (Å²) >= 11 is 0. The Morgan fingerprint density at radius 1 is 0.800 bits per heavy atom. The molecule has 0 atom stereocenters. The standard InChI is InChI=1S/C25H22N4O/c30-25(22-14-23(18-27-17-22)28-16-21-10-7-13-26-15-21)29(24-11-5-2-6-12-24)19-20-8-3-1-4-9-20/h1-15,17-18,28H,16,19H2. The van der Waals surface area contributed by atoms with Gasteiger partial charge in [0.05, 0.1) is 17.8 Å². The highest BCUT2D eigenvalue weighted by Crippen LogP contribution is 2.21. The predicted molar refractivity (Wildman–Crippen MR) is 119 cm³/mol. The molecule has 0 saturated heterocycles. The lowest BCUT2D eigenvalue weighted by Gasteiger charge is -2.23. The Hall–Kier alpha value is -3.99. The lowest BCUT2D eigenvalue weighted by molar-refractivity contribution is 0.0985. The van der Waals surface area contributed by atoms with E-state index in [-0.39, 0.29) is 5.91 Å². The van der Waals surface area contributed by atoms with Gasteiger partial charge in [0.2, 0.25) is 0 Å². The topological polar surface area (TPSA) is 58.1 Å². The molecule has 5 heteroatoms. The van der Waals surface area contributed by atoms with Gasteiger partial charge in [0, 0.05) is 37.0 Å². The molecule has 4 aromatic rings. The fraction of sp³-hybridized carbons (Fsp3) is 0.0800. The van der Waals surface area contributed by atoms with Gasteiger partial charge >= 0.3 is 0 Å². The fourth-order valence-electron chi connectivity index (χ4n) is 3.17. The van der Waals surface area contributed by atoms with Crippen LogP contribution in [0.3, 0.4) is 0 Å². The molecule has 2 aromatic heterocycles. The van der Waals surface area contributed by atoms with Crippen LogP contribution in [0, 0.1) is 0 Å². The Balaban J connectivity index is 1.56. The van der Waals surface area contributed by atoms with Crippen molar-refractivity contribution in [3.05, 3.63) is 120 Å². The third-order valence-corrected chi connectivity index (χ3v) is 4.70. The molecule has 0 fully saturated rings. The minimum Gasteiger partial charge on any atom is -0.380 e. The van der Waals surface area contributed by atoms with Gasteiger partial charge in [-0.05, 0) is 35.4 Å². The number of nitrogens with zero attached hydrogens (tertiary/aromatic N) is 3. The zero-order valence-corrected chi connectivity index (χ0v) is 16.5. The summed E-state index contributed by atoms with van der Waals surface area (Å²) < 4.78 is 0. The van der Waals surface area contributed by atoms with E-state index in [1.807, 2.05) is 85.1 Å². The molecule has 0 aliphatic rings. The molecule has 2 heterocycles. The first-order valence-corrected chi connectivity index (χ1v) is 9.78. The zero-order valence-electron chi connectivity index (χ0n) is 16.5. The second-order valence-electron chi connectivity index (χ2n) is 6.89. The van der Waals surface area contributed by atoms with Crippen LogP contribution in [-0.4, -0.2) is 15.9 Å². The Kier molecular flexibility index (Phi) is 6.11. The van der Waals surface area contributed by atoms with Crippen LogP contribution < -0.4 is 10.2 Å². The van der Waals surface area contributed by atoms with E-state index in [0.29, 0.717) is 18.7 Å². The molecule has 0 bridgehead atoms. The number of benzene rings is 2. The number of carbonyl (C=O) groups is 1. The molecule has 0 saturated carbocycles. The first kappa shape index (κ1) is 19.3. The van der Waals surface area contributed by atoms with Gasteiger partial charge in [-0.15, -0.1) is 0 Å². The van der Waals surface area contributed by atoms with Crippen LogP contribution in [0.25, 0.3) is 0 Å². The van der Waals surface area contributed by atoms with Gasteiger partial charge in [0.1, 0.15) is 0 Å². The van der Waals surface area contributed by atoms with E-state index in [9.17, 15) is 4.79 Å². The highest BCUT2D eigenvalue weighted by atomic mass is 16.2. The van der Waals surface area contributed by atoms with Crippen LogP contribution in [-0.2, 0) is 13.1 Å². The van der Waals surface area contributed by atoms with Crippen molar-refractivity contribution in [2.75, 3.05) is 10.2 Å². The van der Waals surface area contributed by atoms with E-state index in [1.54, 1.807) is 23.5 Å². The second kappa shape index (κ2) is 9.47. The molecule has 0 unspecified atom stereocenters. The quantitative estimate of drug-likeness (QED) is 0.483. The lowest BCUT2D eigenvalue weighted by atomic mass is 10.1. The number of anilines is 2. The van der Waals surface area contributed by atoms with Crippen molar-refractivity contribution in [3.8, 4) is 0 Å². The molecule has 2 aromatic carbocycles. The Morgan fingerprint density at radius 3 is 2.27 bits per heavy atom. The van der Waals surface area contributed by atoms with E-state index in [2.05, 4.69) is 15.3 Å². The Labute approximate surface area is 176 Å². The first-order chi connectivity index (χ1) is 14.8. The molecule has 5 nitrogen and oxygen atoms in total. The molecule has 1 amide bonds. The first-order valence-electron chi connectivity index (χ1n) is 9.78. The largest absolute Gasteiger partial charge is 0.380 e. The smallest absolute Gasteiger partial charge is 0.260 e. The van der Waals surface area contributed by atoms with Crippen LogP contribution in [0.5, 0.6) is 0 Å². The highest BCUT2D eigenvalue weighted by molar-refractivity contribution is 6.06. The second-order valence-corrected chi connectivity index (χ2v) is 6.89. The van der Waals surface area contributed by atoms with E-state index in [4.69, 9.17) is 0 Å². The molecule has 0 spiro atoms. The van der Waals surface area contributed by atoms with Crippen molar-refractivity contribution in [3.63, 3.8) is 0 Å². The van der Waals surface area contributed by atoms with E-state index in [0.717, 1.165) is 22.5 Å². The maximum Gasteiger partial charge on any atom is 0.260 e. The van der Waals surface area contributed by atoms with Crippen LogP contribution in [0.4, 0.5) is 11.4 Å². The average Bonchev–Trinajstić information content (AvgIpc) is 2.83. The Bertz CT molecular complexity index is 1090. The molecule has 0 radical (unpaired) electrons. The minimum absolute atomic E-state index is 0.0948. The van der Waals surface area contributed by atoms with Gasteiger partial charge in [-0.3, -0.25) is 14.8 Å². The van der Waals surface area contributed by atoms with Crippen molar-refractivity contribution in [2.45, 2.75) is 13.1 Å². The summed E-state index contributed by atoms with van der Waals surface area (Å²) in [5.41, 5.74) is 4.29. The monoisotopic (exact) mass is 394 g/mol. The zero-order chi connectivity index (χ0) is 20.6. The third-order valence-electron chi connectivity index (χ3n) is 4.70. The molecular weight excluding hydrogens is 372 g/mol. The fourth-order valence-corrected chi connectivity index (χ4v) is 3.17. The number of para-hydroxylation sites is 1. The summed E-state index contributed by atoms with van der Waals surface area (Å²) in [6, 6.07) is 25.4. The number of rotatable bonds is 7. The third kappa shape index (κ3) is 4.89. The highest BCUT2D eigenvalue weighted by Gasteiger charge is 2.19. The van der Waals surface area contributed by atoms with Crippen molar-refractivity contribution in [1.82, 2.24) is 9.97 Å². The van der Waals surface area contributed by atoms with Crippen molar-refractivity contribution >= 4 is 17.3 Å². The van der Waals surface area contributed by atoms with Gasteiger partial charge in [0.25, 0.3) is 5.91 Å². The van der Waals surface area contributed by atoms with Crippen LogP contribution in [0.15, 0.2) is 104 Å². The number of nitrogens with one attached hydrogen (secondary N) is 1. The van der Waals surface area contributed by atoms with Crippen molar-refractivity contribution < 1.29 is 4.79 Å². The number of aromatic nitrogens is 2. The maximum absolute atomic E-state index is 13.4. The van der Waals surface area contributed by atoms with E-state index in [1.165, 1.54) is 0 Å². The van der Waals surface area contributed by atoms with E-state index < -0.39 is 0 Å². The predicted octanol–water partition coefficient (Wildman–Crippen LogP) is 4.94. The Morgan fingerprint density at radius 2 is 1.53 bits per heavy atom. The van der Waals surface area contributed by atoms with Gasteiger partial charge in [-0.1, -0.05) is 54.6 Å². The van der Waals surface area contributed by atoms with Crippen LogP contribution in [0.1, 0.15) is 21.5 Å². The lowest BCUT2D eigenvalue weighted by Crippen LogP contribution is -2.30. The maximum atomic E-state index is 13.4. The number of pyridine rings is 2. The summed E-state index contributed by atoms with van der Waals surface area (Å²) in [5, 5.41) is 3.31. The minimum atomic E-state index is -0.0948. The molecule has 0 aliphatic carbocycles. The molecule has 4 rings (SSSR count). The number of hydrogen-bond acceptors (Lipinski definition) is 4. The SMILES string of the molecule is O=C(c1cncc(NCc2cccnc2)c1)N(Cc1ccccc1)c1ccccc1. The van der Waals surface area contributed by atoms with Crippen molar-refractivity contribution in [2.24, 2.45) is 0 Å². The van der Waals surface area contributed by atoms with Gasteiger partial charge < -0.3 is 10.2 Å². The number of carbonyl (C=O) groups excluding carboxylic acids is 1. The molecule has 0 aliphatic heterocycles. The van der Waals surface area contributed by atoms with Crippen LogP contribution >= 0.6 is 0 Å². The molecule has 30 heavy (non-hydrogen) atoms. The van der Waals surface area contributed by atoms with Gasteiger partial charge in [-0.25, -0.2) is 0 Å². The van der Waals surface area contributed by atoms with Gasteiger partial charge in [-0.2, -0.15) is 0 Å². The van der Waals surface area contributed by atoms with Gasteiger partial charge in [0.15, 0.2) is 0 Å². The number of amides is 1. The molecule has 1 N–H and O–H groups in total. The summed E-state index contributed by atoms with van der Waals surface area (Å²) in [4.78, 5) is 23.6. The van der Waals surface area contributed by atoms with E-state index >= 15 is 0 Å². The summed E-state index contributed by atoms with van der Waals surface area (Å²) in [6.07, 6.45) is 6.89. The van der Waals surface area contributed by atoms with Crippen LogP contribution in [0.2, 0.25) is 0 Å². The summed E-state index contributed by atoms with van der Waals surface area (Å²) in [7, 11) is 0. The average molecular weight is 394 g/mol. The van der Waals surface area contributed by atoms with Crippen molar-refractivity contribution in [1.29, 1.82) is 0 Å². The molecule has 148 valence electrons. The summed E-state index contributed by atoms with van der Waals surface area (Å²) in [6.45, 7) is 1.09. The number of hydrogen-bond donors (Lipinski definition) is 1. The normalized spacial score (nSPS) is 10.4. The summed E-state index contributed by atoms with van der Waals surface area (Å²) in [5.74, 6) is -0.0948.